The second-order valence-corrected chi connectivity index (χ2v) is 5.87. The molecule has 0 saturated carbocycles. The van der Waals surface area contributed by atoms with E-state index >= 15 is 0 Å². The van der Waals surface area contributed by atoms with Crippen LogP contribution in [0.25, 0.3) is 16.7 Å². The molecule has 3 aromatic rings. The van der Waals surface area contributed by atoms with Gasteiger partial charge in [-0.3, -0.25) is 4.57 Å². The van der Waals surface area contributed by atoms with Gasteiger partial charge >= 0.3 is 0 Å². The van der Waals surface area contributed by atoms with Gasteiger partial charge in [0, 0.05) is 6.07 Å². The third-order valence-corrected chi connectivity index (χ3v) is 4.10. The molecule has 7 heteroatoms. The highest BCUT2D eigenvalue weighted by atomic mass is 79.9. The monoisotopic (exact) mass is 371 g/mol. The first-order valence-electron chi connectivity index (χ1n) is 5.97. The van der Waals surface area contributed by atoms with Crippen molar-refractivity contribution in [1.82, 2.24) is 9.55 Å². The number of nitrogen functional groups attached to an aromatic ring is 1. The van der Waals surface area contributed by atoms with Crippen molar-refractivity contribution in [2.75, 3.05) is 5.73 Å². The van der Waals surface area contributed by atoms with Gasteiger partial charge in [-0.15, -0.1) is 0 Å². The molecule has 0 spiro atoms. The van der Waals surface area contributed by atoms with Crippen molar-refractivity contribution in [3.05, 3.63) is 51.0 Å². The topological polar surface area (TPSA) is 43.8 Å². The molecule has 1 heterocycles. The lowest BCUT2D eigenvalue weighted by molar-refractivity contribution is 0.619. The number of aromatic nitrogens is 2. The molecule has 0 unspecified atom stereocenters. The van der Waals surface area contributed by atoms with Crippen molar-refractivity contribution in [3.8, 4) is 5.69 Å². The van der Waals surface area contributed by atoms with Crippen molar-refractivity contribution in [2.24, 2.45) is 0 Å². The minimum Gasteiger partial charge on any atom is -0.369 e. The first-order chi connectivity index (χ1) is 9.88. The second-order valence-electron chi connectivity index (χ2n) is 4.61. The molecular formula is C14H9BrClF2N3. The molecule has 21 heavy (non-hydrogen) atoms. The van der Waals surface area contributed by atoms with Crippen LogP contribution in [0.4, 0.5) is 14.7 Å². The predicted octanol–water partition coefficient (Wildman–Crippen LogP) is 4.61. The summed E-state index contributed by atoms with van der Waals surface area (Å²) in [7, 11) is 0. The van der Waals surface area contributed by atoms with E-state index in [0.717, 1.165) is 5.56 Å². The molecule has 0 amide bonds. The number of halogens is 4. The fraction of sp³-hybridized carbons (Fsp3) is 0.0714. The van der Waals surface area contributed by atoms with Crippen molar-refractivity contribution in [1.29, 1.82) is 0 Å². The number of rotatable bonds is 1. The second kappa shape index (κ2) is 4.96. The van der Waals surface area contributed by atoms with Gasteiger partial charge in [-0.05, 0) is 46.6 Å². The number of hydrogen-bond acceptors (Lipinski definition) is 2. The van der Waals surface area contributed by atoms with Crippen molar-refractivity contribution in [2.45, 2.75) is 6.92 Å². The Labute approximate surface area is 132 Å². The minimum absolute atomic E-state index is 0.0427. The Kier molecular flexibility index (Phi) is 3.37. The highest BCUT2D eigenvalue weighted by Gasteiger charge is 2.16. The maximum absolute atomic E-state index is 13.8. The molecule has 0 aliphatic heterocycles. The Bertz CT molecular complexity index is 877. The lowest BCUT2D eigenvalue weighted by atomic mass is 10.2. The zero-order chi connectivity index (χ0) is 15.3. The van der Waals surface area contributed by atoms with E-state index in [1.54, 1.807) is 10.6 Å². The summed E-state index contributed by atoms with van der Waals surface area (Å²) in [6, 6.07) is 5.61. The molecule has 0 bridgehead atoms. The van der Waals surface area contributed by atoms with E-state index in [0.29, 0.717) is 21.2 Å². The lowest BCUT2D eigenvalue weighted by Gasteiger charge is -2.11. The largest absolute Gasteiger partial charge is 0.369 e. The smallest absolute Gasteiger partial charge is 0.205 e. The van der Waals surface area contributed by atoms with E-state index in [2.05, 4.69) is 20.9 Å². The summed E-state index contributed by atoms with van der Waals surface area (Å²) >= 11 is 8.95. The van der Waals surface area contributed by atoms with Crippen LogP contribution >= 0.6 is 27.5 Å². The van der Waals surface area contributed by atoms with Crippen molar-refractivity contribution >= 4 is 44.5 Å². The van der Waals surface area contributed by atoms with Crippen LogP contribution in [0.1, 0.15) is 5.56 Å². The normalized spacial score (nSPS) is 11.3. The average molecular weight is 373 g/mol. The van der Waals surface area contributed by atoms with E-state index < -0.39 is 11.6 Å². The fourth-order valence-electron chi connectivity index (χ4n) is 2.22. The number of aryl methyl sites for hydroxylation is 1. The van der Waals surface area contributed by atoms with Crippen LogP contribution in [0.5, 0.6) is 0 Å². The molecule has 2 N–H and O–H groups in total. The molecule has 0 saturated heterocycles. The summed E-state index contributed by atoms with van der Waals surface area (Å²) < 4.78 is 29.2. The molecule has 3 rings (SSSR count). The molecular weight excluding hydrogens is 364 g/mol. The van der Waals surface area contributed by atoms with Crippen LogP contribution < -0.4 is 5.73 Å². The molecule has 0 atom stereocenters. The molecule has 108 valence electrons. The molecule has 0 aliphatic carbocycles. The predicted molar refractivity (Wildman–Crippen MR) is 82.8 cm³/mol. The Hall–Kier alpha value is -1.66. The molecule has 0 aliphatic rings. The first-order valence-corrected chi connectivity index (χ1v) is 7.14. The minimum atomic E-state index is -0.576. The summed E-state index contributed by atoms with van der Waals surface area (Å²) in [5.41, 5.74) is 8.08. The van der Waals surface area contributed by atoms with Gasteiger partial charge in [0.05, 0.1) is 26.2 Å². The first kappa shape index (κ1) is 14.3. The lowest BCUT2D eigenvalue weighted by Crippen LogP contribution is -2.03. The number of nitrogens with two attached hydrogens (primary N) is 1. The van der Waals surface area contributed by atoms with Crippen LogP contribution in [0.2, 0.25) is 5.02 Å². The van der Waals surface area contributed by atoms with Gasteiger partial charge in [0.25, 0.3) is 0 Å². The zero-order valence-electron chi connectivity index (χ0n) is 10.8. The Morgan fingerprint density at radius 3 is 2.62 bits per heavy atom. The Balaban J connectivity index is 2.37. The number of hydrogen-bond donors (Lipinski definition) is 1. The fourth-order valence-corrected chi connectivity index (χ4v) is 2.84. The Morgan fingerprint density at radius 2 is 1.90 bits per heavy atom. The number of imidazole rings is 1. The summed E-state index contributed by atoms with van der Waals surface area (Å²) in [5, 5.41) is -0.0427. The van der Waals surface area contributed by atoms with Gasteiger partial charge in [0.15, 0.2) is 0 Å². The van der Waals surface area contributed by atoms with E-state index in [1.807, 2.05) is 6.92 Å². The third kappa shape index (κ3) is 2.28. The maximum Gasteiger partial charge on any atom is 0.205 e. The maximum atomic E-state index is 13.8. The van der Waals surface area contributed by atoms with Gasteiger partial charge in [0.2, 0.25) is 5.95 Å². The number of anilines is 1. The quantitative estimate of drug-likeness (QED) is 0.678. The highest BCUT2D eigenvalue weighted by molar-refractivity contribution is 9.10. The van der Waals surface area contributed by atoms with Crippen LogP contribution in [-0.4, -0.2) is 9.55 Å². The van der Waals surface area contributed by atoms with Crippen LogP contribution in [0, 0.1) is 18.6 Å². The van der Waals surface area contributed by atoms with Gasteiger partial charge in [-0.1, -0.05) is 11.6 Å². The zero-order valence-corrected chi connectivity index (χ0v) is 13.1. The van der Waals surface area contributed by atoms with Crippen molar-refractivity contribution < 1.29 is 8.78 Å². The number of benzene rings is 2. The summed E-state index contributed by atoms with van der Waals surface area (Å²) in [6.07, 6.45) is 0. The van der Waals surface area contributed by atoms with E-state index in [1.165, 1.54) is 18.2 Å². The van der Waals surface area contributed by atoms with Crippen LogP contribution in [-0.2, 0) is 0 Å². The Morgan fingerprint density at radius 1 is 1.19 bits per heavy atom. The molecule has 0 radical (unpaired) electrons. The average Bonchev–Trinajstić information content (AvgIpc) is 2.70. The number of nitrogens with zero attached hydrogens (tertiary/aromatic N) is 2. The van der Waals surface area contributed by atoms with Gasteiger partial charge < -0.3 is 5.73 Å². The van der Waals surface area contributed by atoms with Crippen LogP contribution in [0.15, 0.2) is 28.7 Å². The van der Waals surface area contributed by atoms with E-state index in [9.17, 15) is 8.78 Å². The summed E-state index contributed by atoms with van der Waals surface area (Å²) in [5.74, 6) is -0.867. The standard InChI is InChI=1S/C14H9BrClF2N3/c1-6-2-7(15)9(17)5-12(6)21-13-3-8(16)10(18)4-11(13)20-14(21)19/h2-5H,1H3,(H2,19,20). The van der Waals surface area contributed by atoms with Crippen molar-refractivity contribution in [3.63, 3.8) is 0 Å². The van der Waals surface area contributed by atoms with Crippen LogP contribution in [0.3, 0.4) is 0 Å². The highest BCUT2D eigenvalue weighted by Crippen LogP contribution is 2.31. The SMILES string of the molecule is Cc1cc(Br)c(F)cc1-n1c(N)nc2cc(F)c(Cl)cc21. The van der Waals surface area contributed by atoms with Gasteiger partial charge in [-0.25, -0.2) is 13.8 Å². The molecule has 3 nitrogen and oxygen atoms in total. The molecule has 1 aromatic heterocycles. The number of fused-ring (bicyclic) bond motifs is 1. The molecule has 2 aromatic carbocycles. The summed E-state index contributed by atoms with van der Waals surface area (Å²) in [6.45, 7) is 1.82. The van der Waals surface area contributed by atoms with Gasteiger partial charge in [0.1, 0.15) is 11.6 Å². The third-order valence-electron chi connectivity index (χ3n) is 3.20. The summed E-state index contributed by atoms with van der Waals surface area (Å²) in [4.78, 5) is 4.09. The van der Waals surface area contributed by atoms with E-state index in [-0.39, 0.29) is 11.0 Å². The van der Waals surface area contributed by atoms with E-state index in [4.69, 9.17) is 17.3 Å². The molecule has 0 fully saturated rings. The van der Waals surface area contributed by atoms with Gasteiger partial charge in [-0.2, -0.15) is 0 Å².